The first-order valence-corrected chi connectivity index (χ1v) is 6.17. The molecule has 0 heterocycles. The number of anilines is 1. The molecule has 16 heavy (non-hydrogen) atoms. The smallest absolute Gasteiger partial charge is 0.228 e. The Morgan fingerprint density at radius 1 is 1.38 bits per heavy atom. The Kier molecular flexibility index (Phi) is 5.49. The topological polar surface area (TPSA) is 41.1 Å². The highest BCUT2D eigenvalue weighted by molar-refractivity contribution is 9.10. The summed E-state index contributed by atoms with van der Waals surface area (Å²) in [5.74, 6) is 0.0906. The van der Waals surface area contributed by atoms with Crippen LogP contribution in [-0.4, -0.2) is 19.5 Å². The monoisotopic (exact) mass is 284 g/mol. The highest BCUT2D eigenvalue weighted by Crippen LogP contribution is 2.15. The molecule has 1 rings (SSSR count). The zero-order valence-electron chi connectivity index (χ0n) is 9.59. The van der Waals surface area contributed by atoms with E-state index in [0.29, 0.717) is 6.54 Å². The van der Waals surface area contributed by atoms with Crippen LogP contribution < -0.4 is 10.6 Å². The highest BCUT2D eigenvalue weighted by Gasteiger charge is 2.15. The van der Waals surface area contributed by atoms with E-state index in [9.17, 15) is 4.79 Å². The maximum absolute atomic E-state index is 11.9. The molecule has 88 valence electrons. The molecule has 3 nitrogen and oxygen atoms in total. The molecule has 0 bridgehead atoms. The van der Waals surface area contributed by atoms with Gasteiger partial charge >= 0.3 is 0 Å². The van der Waals surface area contributed by atoms with E-state index in [1.807, 2.05) is 38.2 Å². The van der Waals surface area contributed by atoms with Gasteiger partial charge in [0.15, 0.2) is 0 Å². The minimum Gasteiger partial charge on any atom is -0.326 e. The lowest BCUT2D eigenvalue weighted by molar-refractivity contribution is -0.119. The fourth-order valence-electron chi connectivity index (χ4n) is 1.45. The van der Waals surface area contributed by atoms with E-state index in [1.54, 1.807) is 0 Å². The molecule has 0 radical (unpaired) electrons. The van der Waals surface area contributed by atoms with E-state index < -0.39 is 0 Å². The second kappa shape index (κ2) is 6.66. The van der Waals surface area contributed by atoms with Gasteiger partial charge in [-0.05, 0) is 37.7 Å². The molecule has 1 amide bonds. The van der Waals surface area contributed by atoms with Gasteiger partial charge in [-0.15, -0.1) is 0 Å². The van der Waals surface area contributed by atoms with Crippen molar-refractivity contribution in [1.29, 1.82) is 0 Å². The van der Waals surface area contributed by atoms with Crippen LogP contribution in [0.25, 0.3) is 0 Å². The first kappa shape index (κ1) is 13.2. The third-order valence-electron chi connectivity index (χ3n) is 2.43. The third kappa shape index (κ3) is 3.94. The second-order valence-corrected chi connectivity index (χ2v) is 4.57. The molecule has 0 spiro atoms. The Balaban J connectivity index is 2.59. The number of halogens is 1. The van der Waals surface area contributed by atoms with Crippen LogP contribution >= 0.6 is 15.9 Å². The molecule has 1 aromatic rings. The second-order valence-electron chi connectivity index (χ2n) is 3.66. The van der Waals surface area contributed by atoms with Crippen LogP contribution in [0.15, 0.2) is 28.7 Å². The van der Waals surface area contributed by atoms with Crippen molar-refractivity contribution in [2.75, 3.05) is 18.9 Å². The molecule has 0 saturated carbocycles. The number of benzene rings is 1. The average molecular weight is 285 g/mol. The van der Waals surface area contributed by atoms with Crippen LogP contribution in [0.3, 0.4) is 0 Å². The van der Waals surface area contributed by atoms with Crippen molar-refractivity contribution in [2.24, 2.45) is 5.92 Å². The number of amides is 1. The van der Waals surface area contributed by atoms with E-state index >= 15 is 0 Å². The summed E-state index contributed by atoms with van der Waals surface area (Å²) in [4.78, 5) is 11.9. The highest BCUT2D eigenvalue weighted by atomic mass is 79.9. The number of hydrogen-bond donors (Lipinski definition) is 2. The van der Waals surface area contributed by atoms with Gasteiger partial charge in [-0.2, -0.15) is 0 Å². The number of carbonyl (C=O) groups is 1. The Morgan fingerprint density at radius 2 is 2.00 bits per heavy atom. The van der Waals surface area contributed by atoms with Gasteiger partial charge in [-0.25, -0.2) is 0 Å². The van der Waals surface area contributed by atoms with Gasteiger partial charge < -0.3 is 10.6 Å². The van der Waals surface area contributed by atoms with Gasteiger partial charge in [0.1, 0.15) is 0 Å². The predicted molar refractivity (Wildman–Crippen MR) is 70.5 cm³/mol. The minimum atomic E-state index is 0.0219. The van der Waals surface area contributed by atoms with Crippen molar-refractivity contribution < 1.29 is 4.79 Å². The van der Waals surface area contributed by atoms with Crippen molar-refractivity contribution in [3.05, 3.63) is 28.7 Å². The molecular formula is C12H17BrN2O. The molecule has 1 aromatic carbocycles. The lowest BCUT2D eigenvalue weighted by Gasteiger charge is -2.14. The van der Waals surface area contributed by atoms with Crippen molar-refractivity contribution in [3.63, 3.8) is 0 Å². The maximum atomic E-state index is 11.9. The zero-order valence-corrected chi connectivity index (χ0v) is 11.2. The Hall–Kier alpha value is -0.870. The summed E-state index contributed by atoms with van der Waals surface area (Å²) in [5, 5.41) is 5.93. The molecule has 1 unspecified atom stereocenters. The van der Waals surface area contributed by atoms with Crippen LogP contribution in [-0.2, 0) is 4.79 Å². The molecule has 0 aliphatic carbocycles. The summed E-state index contributed by atoms with van der Waals surface area (Å²) in [6.45, 7) is 2.72. The van der Waals surface area contributed by atoms with Gasteiger partial charge in [0, 0.05) is 16.7 Å². The largest absolute Gasteiger partial charge is 0.326 e. The van der Waals surface area contributed by atoms with Crippen LogP contribution in [0.2, 0.25) is 0 Å². The van der Waals surface area contributed by atoms with Crippen molar-refractivity contribution >= 4 is 27.5 Å². The van der Waals surface area contributed by atoms with Gasteiger partial charge in [-0.1, -0.05) is 22.9 Å². The van der Waals surface area contributed by atoms with Gasteiger partial charge in [0.2, 0.25) is 5.91 Å². The van der Waals surface area contributed by atoms with Crippen molar-refractivity contribution in [1.82, 2.24) is 5.32 Å². The average Bonchev–Trinajstić information content (AvgIpc) is 2.29. The summed E-state index contributed by atoms with van der Waals surface area (Å²) in [7, 11) is 1.86. The van der Waals surface area contributed by atoms with Gasteiger partial charge in [0.05, 0.1) is 5.92 Å². The fraction of sp³-hybridized carbons (Fsp3) is 0.417. The number of hydrogen-bond acceptors (Lipinski definition) is 2. The molecule has 0 aliphatic rings. The summed E-state index contributed by atoms with van der Waals surface area (Å²) in [5.41, 5.74) is 0.836. The molecule has 4 heteroatoms. The lowest BCUT2D eigenvalue weighted by atomic mass is 10.1. The zero-order chi connectivity index (χ0) is 12.0. The van der Waals surface area contributed by atoms with Crippen molar-refractivity contribution in [3.8, 4) is 0 Å². The number of carbonyl (C=O) groups excluding carboxylic acids is 1. The number of rotatable bonds is 5. The van der Waals surface area contributed by atoms with E-state index in [-0.39, 0.29) is 11.8 Å². The quantitative estimate of drug-likeness (QED) is 0.873. The van der Waals surface area contributed by atoms with Gasteiger partial charge in [-0.3, -0.25) is 4.79 Å². The lowest BCUT2D eigenvalue weighted by Crippen LogP contribution is -2.30. The fourth-order valence-corrected chi connectivity index (χ4v) is 1.71. The SMILES string of the molecule is CCC(CNC)C(=O)Nc1ccc(Br)cc1. The van der Waals surface area contributed by atoms with Crippen LogP contribution in [0.4, 0.5) is 5.69 Å². The normalized spacial score (nSPS) is 12.2. The van der Waals surface area contributed by atoms with Crippen LogP contribution in [0, 0.1) is 5.92 Å². The van der Waals surface area contributed by atoms with Crippen molar-refractivity contribution in [2.45, 2.75) is 13.3 Å². The minimum absolute atomic E-state index is 0.0219. The molecule has 0 aliphatic heterocycles. The first-order chi connectivity index (χ1) is 7.67. The molecule has 1 atom stereocenters. The first-order valence-electron chi connectivity index (χ1n) is 5.38. The Bertz CT molecular complexity index is 337. The Morgan fingerprint density at radius 3 is 2.50 bits per heavy atom. The van der Waals surface area contributed by atoms with Crippen LogP contribution in [0.1, 0.15) is 13.3 Å². The Labute approximate surface area is 105 Å². The summed E-state index contributed by atoms with van der Waals surface area (Å²) < 4.78 is 1.01. The summed E-state index contributed by atoms with van der Waals surface area (Å²) in [6, 6.07) is 7.59. The molecule has 0 fully saturated rings. The summed E-state index contributed by atoms with van der Waals surface area (Å²) in [6.07, 6.45) is 0.837. The van der Waals surface area contributed by atoms with Gasteiger partial charge in [0.25, 0.3) is 0 Å². The predicted octanol–water partition coefficient (Wildman–Crippen LogP) is 2.63. The van der Waals surface area contributed by atoms with E-state index in [2.05, 4.69) is 26.6 Å². The van der Waals surface area contributed by atoms with E-state index in [1.165, 1.54) is 0 Å². The third-order valence-corrected chi connectivity index (χ3v) is 2.95. The molecule has 0 saturated heterocycles. The molecular weight excluding hydrogens is 268 g/mol. The van der Waals surface area contributed by atoms with E-state index in [0.717, 1.165) is 16.6 Å². The van der Waals surface area contributed by atoms with Crippen LogP contribution in [0.5, 0.6) is 0 Å². The molecule has 2 N–H and O–H groups in total. The number of nitrogens with one attached hydrogen (secondary N) is 2. The summed E-state index contributed by atoms with van der Waals surface area (Å²) >= 11 is 3.36. The van der Waals surface area contributed by atoms with E-state index in [4.69, 9.17) is 0 Å². The standard InChI is InChI=1S/C12H17BrN2O/c1-3-9(8-14-2)12(16)15-11-6-4-10(13)5-7-11/h4-7,9,14H,3,8H2,1-2H3,(H,15,16). The molecule has 0 aromatic heterocycles. The maximum Gasteiger partial charge on any atom is 0.228 e.